The summed E-state index contributed by atoms with van der Waals surface area (Å²) in [6, 6.07) is 5.20. The Balaban J connectivity index is 2.02. The lowest BCUT2D eigenvalue weighted by Gasteiger charge is -2.30. The summed E-state index contributed by atoms with van der Waals surface area (Å²) in [4.78, 5) is 34.9. The third-order valence-electron chi connectivity index (χ3n) is 3.43. The Morgan fingerprint density at radius 3 is 2.86 bits per heavy atom. The van der Waals surface area contributed by atoms with Gasteiger partial charge in [-0.2, -0.15) is 0 Å². The number of urea groups is 1. The van der Waals surface area contributed by atoms with Gasteiger partial charge in [-0.25, -0.2) is 4.79 Å². The van der Waals surface area contributed by atoms with Gasteiger partial charge in [0.25, 0.3) is 5.69 Å². The molecule has 0 aromatic heterocycles. The molecule has 1 fully saturated rings. The van der Waals surface area contributed by atoms with Crippen LogP contribution < -0.4 is 11.1 Å². The van der Waals surface area contributed by atoms with E-state index >= 15 is 0 Å². The second-order valence-corrected chi connectivity index (χ2v) is 4.92. The number of amides is 3. The van der Waals surface area contributed by atoms with Crippen molar-refractivity contribution in [2.45, 2.75) is 12.8 Å². The zero-order valence-corrected chi connectivity index (χ0v) is 11.3. The number of rotatable bonds is 3. The van der Waals surface area contributed by atoms with E-state index in [-0.39, 0.29) is 24.1 Å². The largest absolute Gasteiger partial charge is 0.351 e. The molecule has 1 aromatic carbocycles. The molecule has 2 rings (SSSR count). The first-order chi connectivity index (χ1) is 9.97. The average Bonchev–Trinajstić information content (AvgIpc) is 2.47. The fourth-order valence-electron chi connectivity index (χ4n) is 2.33. The minimum absolute atomic E-state index is 0.0878. The summed E-state index contributed by atoms with van der Waals surface area (Å²) in [7, 11) is 0. The van der Waals surface area contributed by atoms with Gasteiger partial charge >= 0.3 is 6.03 Å². The second kappa shape index (κ2) is 6.21. The number of piperidine rings is 1. The van der Waals surface area contributed by atoms with E-state index in [1.54, 1.807) is 6.07 Å². The van der Waals surface area contributed by atoms with Gasteiger partial charge in [0.1, 0.15) is 0 Å². The zero-order chi connectivity index (χ0) is 15.4. The molecule has 0 aliphatic carbocycles. The summed E-state index contributed by atoms with van der Waals surface area (Å²) in [6.45, 7) is 0.825. The van der Waals surface area contributed by atoms with Gasteiger partial charge in [-0.3, -0.25) is 14.9 Å². The van der Waals surface area contributed by atoms with Crippen molar-refractivity contribution < 1.29 is 14.5 Å². The summed E-state index contributed by atoms with van der Waals surface area (Å²) in [5, 5.41) is 13.3. The van der Waals surface area contributed by atoms with Crippen LogP contribution in [0.25, 0.3) is 0 Å². The van der Waals surface area contributed by atoms with Crippen LogP contribution in [0.5, 0.6) is 0 Å². The molecule has 1 heterocycles. The molecule has 1 atom stereocenters. The zero-order valence-electron chi connectivity index (χ0n) is 11.3. The van der Waals surface area contributed by atoms with Gasteiger partial charge in [0, 0.05) is 30.9 Å². The monoisotopic (exact) mass is 292 g/mol. The van der Waals surface area contributed by atoms with Crippen molar-refractivity contribution >= 4 is 23.3 Å². The number of hydrogen-bond donors (Lipinski definition) is 2. The molecule has 0 saturated carbocycles. The first kappa shape index (κ1) is 14.8. The van der Waals surface area contributed by atoms with Gasteiger partial charge in [-0.15, -0.1) is 0 Å². The molecule has 1 aliphatic heterocycles. The highest BCUT2D eigenvalue weighted by atomic mass is 16.6. The maximum atomic E-state index is 12.2. The van der Waals surface area contributed by atoms with Crippen LogP contribution in [-0.2, 0) is 4.79 Å². The molecular weight excluding hydrogens is 276 g/mol. The Morgan fingerprint density at radius 2 is 2.19 bits per heavy atom. The van der Waals surface area contributed by atoms with Crippen LogP contribution in [0.15, 0.2) is 24.3 Å². The fraction of sp³-hybridized carbons (Fsp3) is 0.385. The number of non-ortho nitro benzene ring substituents is 1. The van der Waals surface area contributed by atoms with Gasteiger partial charge in [-0.05, 0) is 18.9 Å². The lowest BCUT2D eigenvalue weighted by molar-refractivity contribution is -0.384. The Hall–Kier alpha value is -2.64. The number of benzene rings is 1. The van der Waals surface area contributed by atoms with Crippen LogP contribution >= 0.6 is 0 Å². The second-order valence-electron chi connectivity index (χ2n) is 4.92. The summed E-state index contributed by atoms with van der Waals surface area (Å²) >= 11 is 0. The van der Waals surface area contributed by atoms with Gasteiger partial charge in [0.15, 0.2) is 0 Å². The molecule has 0 unspecified atom stereocenters. The molecule has 0 radical (unpaired) electrons. The van der Waals surface area contributed by atoms with Crippen LogP contribution in [-0.4, -0.2) is 34.9 Å². The van der Waals surface area contributed by atoms with Crippen molar-refractivity contribution in [2.75, 3.05) is 18.4 Å². The van der Waals surface area contributed by atoms with E-state index in [1.807, 2.05) is 0 Å². The molecule has 8 heteroatoms. The normalized spacial score (nSPS) is 18.1. The first-order valence-corrected chi connectivity index (χ1v) is 6.57. The summed E-state index contributed by atoms with van der Waals surface area (Å²) in [6.07, 6.45) is 1.36. The predicted octanol–water partition coefficient (Wildman–Crippen LogP) is 1.32. The molecule has 112 valence electrons. The van der Waals surface area contributed by atoms with Gasteiger partial charge in [0.2, 0.25) is 5.91 Å². The van der Waals surface area contributed by atoms with Crippen LogP contribution in [0.3, 0.4) is 0 Å². The third-order valence-corrected chi connectivity index (χ3v) is 3.43. The Morgan fingerprint density at radius 1 is 1.43 bits per heavy atom. The molecular formula is C13H16N4O4. The number of hydrogen-bond acceptors (Lipinski definition) is 4. The standard InChI is InChI=1S/C13H16N4O4/c14-13(19)16-6-2-3-9(8-16)12(18)15-10-4-1-5-11(7-10)17(20)21/h1,4-5,7,9H,2-3,6,8H2,(H2,14,19)(H,15,18)/t9-/m0/s1. The third kappa shape index (κ3) is 3.68. The lowest BCUT2D eigenvalue weighted by atomic mass is 9.97. The van der Waals surface area contributed by atoms with Crippen LogP contribution in [0.4, 0.5) is 16.2 Å². The van der Waals surface area contributed by atoms with Crippen LogP contribution in [0.2, 0.25) is 0 Å². The quantitative estimate of drug-likeness (QED) is 0.645. The van der Waals surface area contributed by atoms with E-state index in [0.717, 1.165) is 0 Å². The van der Waals surface area contributed by atoms with E-state index in [4.69, 9.17) is 5.73 Å². The molecule has 8 nitrogen and oxygen atoms in total. The minimum atomic E-state index is -0.539. The van der Waals surface area contributed by atoms with Gasteiger partial charge < -0.3 is 16.0 Å². The molecule has 21 heavy (non-hydrogen) atoms. The summed E-state index contributed by atoms with van der Waals surface area (Å²) in [5.41, 5.74) is 5.49. The maximum Gasteiger partial charge on any atom is 0.314 e. The summed E-state index contributed by atoms with van der Waals surface area (Å²) in [5.74, 6) is -0.619. The van der Waals surface area contributed by atoms with E-state index in [1.165, 1.54) is 23.1 Å². The van der Waals surface area contributed by atoms with E-state index < -0.39 is 11.0 Å². The number of nitrogens with zero attached hydrogens (tertiary/aromatic N) is 2. The maximum absolute atomic E-state index is 12.2. The predicted molar refractivity (Wildman–Crippen MR) is 75.6 cm³/mol. The van der Waals surface area contributed by atoms with Crippen molar-refractivity contribution in [2.24, 2.45) is 11.7 Å². The van der Waals surface area contributed by atoms with Crippen LogP contribution in [0, 0.1) is 16.0 Å². The number of nitro benzene ring substituents is 1. The molecule has 1 aromatic rings. The SMILES string of the molecule is NC(=O)N1CCC[C@H](C(=O)Nc2cccc([N+](=O)[O-])c2)C1. The highest BCUT2D eigenvalue weighted by Crippen LogP contribution is 2.21. The van der Waals surface area contributed by atoms with Crippen LogP contribution in [0.1, 0.15) is 12.8 Å². The Kier molecular flexibility index (Phi) is 4.36. The minimum Gasteiger partial charge on any atom is -0.351 e. The molecule has 3 amide bonds. The average molecular weight is 292 g/mol. The Bertz CT molecular complexity index is 575. The van der Waals surface area contributed by atoms with E-state index in [0.29, 0.717) is 25.1 Å². The highest BCUT2D eigenvalue weighted by molar-refractivity contribution is 5.93. The van der Waals surface area contributed by atoms with Gasteiger partial charge in [0.05, 0.1) is 10.8 Å². The number of carbonyl (C=O) groups is 2. The Labute approximate surface area is 121 Å². The molecule has 0 bridgehead atoms. The van der Waals surface area contributed by atoms with E-state index in [9.17, 15) is 19.7 Å². The molecule has 0 spiro atoms. The van der Waals surface area contributed by atoms with Crippen molar-refractivity contribution in [3.8, 4) is 0 Å². The van der Waals surface area contributed by atoms with E-state index in [2.05, 4.69) is 5.32 Å². The highest BCUT2D eigenvalue weighted by Gasteiger charge is 2.27. The van der Waals surface area contributed by atoms with Crippen molar-refractivity contribution in [1.29, 1.82) is 0 Å². The number of likely N-dealkylation sites (tertiary alicyclic amines) is 1. The molecule has 1 aliphatic rings. The number of nitrogens with one attached hydrogen (secondary N) is 1. The smallest absolute Gasteiger partial charge is 0.314 e. The fourth-order valence-corrected chi connectivity index (χ4v) is 2.33. The lowest BCUT2D eigenvalue weighted by Crippen LogP contribution is -2.46. The van der Waals surface area contributed by atoms with Gasteiger partial charge in [-0.1, -0.05) is 6.07 Å². The number of anilines is 1. The topological polar surface area (TPSA) is 119 Å². The number of primary amides is 1. The molecule has 3 N–H and O–H groups in total. The summed E-state index contributed by atoms with van der Waals surface area (Å²) < 4.78 is 0. The first-order valence-electron chi connectivity index (χ1n) is 6.57. The number of nitro groups is 1. The number of carbonyl (C=O) groups excluding carboxylic acids is 2. The molecule has 1 saturated heterocycles. The van der Waals surface area contributed by atoms with Crippen molar-refractivity contribution in [3.63, 3.8) is 0 Å². The van der Waals surface area contributed by atoms with Crippen molar-refractivity contribution in [1.82, 2.24) is 4.90 Å². The van der Waals surface area contributed by atoms with Crippen molar-refractivity contribution in [3.05, 3.63) is 34.4 Å². The number of nitrogens with two attached hydrogens (primary N) is 1.